The van der Waals surface area contributed by atoms with E-state index in [1.165, 1.54) is 23.4 Å². The Balaban J connectivity index is 2.49. The van der Waals surface area contributed by atoms with Gasteiger partial charge in [0.25, 0.3) is 5.91 Å². The largest absolute Gasteiger partial charge is 0.408 e. The Morgan fingerprint density at radius 3 is 2.56 bits per heavy atom. The quantitative estimate of drug-likeness (QED) is 0.613. The maximum absolute atomic E-state index is 12.4. The zero-order chi connectivity index (χ0) is 18.8. The Bertz CT molecular complexity index is 937. The Kier molecular flexibility index (Phi) is 5.43. The summed E-state index contributed by atoms with van der Waals surface area (Å²) in [5, 5.41) is 15.1. The Labute approximate surface area is 149 Å². The summed E-state index contributed by atoms with van der Waals surface area (Å²) in [4.78, 5) is 12.3. The number of hydrogen-bond donors (Lipinski definition) is 1. The number of carbonyl (C=O) groups excluding carboxylic acids is 1. The molecule has 134 valence electrons. The number of aromatic nitrogens is 2. The van der Waals surface area contributed by atoms with Crippen molar-refractivity contribution in [3.8, 4) is 0 Å². The fourth-order valence-electron chi connectivity index (χ4n) is 1.88. The van der Waals surface area contributed by atoms with Gasteiger partial charge in [0.05, 0.1) is 21.7 Å². The van der Waals surface area contributed by atoms with Crippen LogP contribution in [0.25, 0.3) is 0 Å². The van der Waals surface area contributed by atoms with Crippen molar-refractivity contribution in [2.24, 2.45) is 5.10 Å². The van der Waals surface area contributed by atoms with E-state index in [-0.39, 0.29) is 33.0 Å². The van der Waals surface area contributed by atoms with Gasteiger partial charge in [-0.2, -0.15) is 5.10 Å². The molecule has 1 amide bonds. The molecule has 0 aliphatic carbocycles. The van der Waals surface area contributed by atoms with Gasteiger partial charge in [0.15, 0.2) is 9.84 Å². The van der Waals surface area contributed by atoms with Crippen LogP contribution >= 0.6 is 11.6 Å². The molecule has 0 saturated heterocycles. The van der Waals surface area contributed by atoms with E-state index in [0.29, 0.717) is 0 Å². The summed E-state index contributed by atoms with van der Waals surface area (Å²) >= 11 is 6.27. The van der Waals surface area contributed by atoms with Gasteiger partial charge in [-0.05, 0) is 12.1 Å². The van der Waals surface area contributed by atoms with Crippen molar-refractivity contribution in [3.63, 3.8) is 0 Å². The first-order valence-corrected chi connectivity index (χ1v) is 9.22. The lowest BCUT2D eigenvalue weighted by Gasteiger charge is -2.11. The molecular formula is C14H16ClN5O4S. The van der Waals surface area contributed by atoms with E-state index >= 15 is 0 Å². The van der Waals surface area contributed by atoms with E-state index in [0.717, 1.165) is 6.26 Å². The monoisotopic (exact) mass is 385 g/mol. The summed E-state index contributed by atoms with van der Waals surface area (Å²) < 4.78 is 29.0. The fraction of sp³-hybridized carbons (Fsp3) is 0.286. The Morgan fingerprint density at radius 1 is 1.36 bits per heavy atom. The van der Waals surface area contributed by atoms with E-state index in [1.807, 2.05) is 0 Å². The van der Waals surface area contributed by atoms with Gasteiger partial charge < -0.3 is 9.43 Å². The predicted molar refractivity (Wildman–Crippen MR) is 92.8 cm³/mol. The minimum Gasteiger partial charge on any atom is -0.408 e. The molecule has 11 heteroatoms. The second-order valence-electron chi connectivity index (χ2n) is 5.28. The number of rotatable bonds is 5. The van der Waals surface area contributed by atoms with Gasteiger partial charge in [0, 0.05) is 32.8 Å². The third kappa shape index (κ3) is 4.54. The molecule has 9 nitrogen and oxygen atoms in total. The second kappa shape index (κ2) is 7.19. The highest BCUT2D eigenvalue weighted by Crippen LogP contribution is 2.27. The molecule has 1 aromatic heterocycles. The molecule has 0 bridgehead atoms. The fourth-order valence-corrected chi connectivity index (χ4v) is 3.10. The zero-order valence-electron chi connectivity index (χ0n) is 13.9. The number of nitrogens with one attached hydrogen (secondary N) is 1. The Hall–Kier alpha value is -2.46. The number of benzene rings is 1. The first-order chi connectivity index (χ1) is 11.6. The lowest BCUT2D eigenvalue weighted by molar-refractivity contribution is 0.102. The van der Waals surface area contributed by atoms with E-state index in [1.54, 1.807) is 21.0 Å². The predicted octanol–water partition coefficient (Wildman–Crippen LogP) is 1.58. The number of halogens is 1. The maximum Gasteiger partial charge on any atom is 0.322 e. The van der Waals surface area contributed by atoms with Crippen molar-refractivity contribution in [1.82, 2.24) is 15.2 Å². The summed E-state index contributed by atoms with van der Waals surface area (Å²) in [5.41, 5.74) is 0.164. The van der Waals surface area contributed by atoms with Crippen LogP contribution in [0.5, 0.6) is 0 Å². The van der Waals surface area contributed by atoms with E-state index in [4.69, 9.17) is 16.0 Å². The van der Waals surface area contributed by atoms with Crippen molar-refractivity contribution in [1.29, 1.82) is 0 Å². The molecule has 0 fully saturated rings. The minimum atomic E-state index is -3.57. The lowest BCUT2D eigenvalue weighted by Crippen LogP contribution is -2.15. The topological polar surface area (TPSA) is 118 Å². The van der Waals surface area contributed by atoms with Crippen LogP contribution < -0.4 is 5.32 Å². The molecule has 2 rings (SSSR count). The normalized spacial score (nSPS) is 11.7. The van der Waals surface area contributed by atoms with Crippen LogP contribution in [0, 0.1) is 6.92 Å². The van der Waals surface area contributed by atoms with Crippen molar-refractivity contribution >= 4 is 39.6 Å². The number of carbonyl (C=O) groups is 1. The molecule has 0 radical (unpaired) electrons. The third-order valence-electron chi connectivity index (χ3n) is 2.95. The molecule has 0 saturated carbocycles. The molecule has 0 spiro atoms. The minimum absolute atomic E-state index is 0.0340. The third-order valence-corrected chi connectivity index (χ3v) is 4.51. The van der Waals surface area contributed by atoms with Crippen molar-refractivity contribution in [3.05, 3.63) is 34.2 Å². The summed E-state index contributed by atoms with van der Waals surface area (Å²) in [6.07, 6.45) is 2.33. The summed E-state index contributed by atoms with van der Waals surface area (Å²) in [7, 11) is -0.237. The van der Waals surface area contributed by atoms with E-state index in [2.05, 4.69) is 20.6 Å². The number of sulfone groups is 1. The van der Waals surface area contributed by atoms with Crippen LogP contribution in [0.2, 0.25) is 5.02 Å². The lowest BCUT2D eigenvalue weighted by atomic mass is 10.1. The molecule has 0 aliphatic heterocycles. The van der Waals surface area contributed by atoms with Gasteiger partial charge in [0.2, 0.25) is 5.89 Å². The van der Waals surface area contributed by atoms with Gasteiger partial charge in [-0.1, -0.05) is 16.7 Å². The molecule has 1 heterocycles. The van der Waals surface area contributed by atoms with Crippen LogP contribution in [0.4, 0.5) is 6.01 Å². The highest BCUT2D eigenvalue weighted by molar-refractivity contribution is 7.90. The first-order valence-electron chi connectivity index (χ1n) is 6.95. The average Bonchev–Trinajstić information content (AvgIpc) is 2.89. The van der Waals surface area contributed by atoms with Gasteiger partial charge >= 0.3 is 6.01 Å². The summed E-state index contributed by atoms with van der Waals surface area (Å²) in [5.74, 6) is -0.333. The SMILES string of the molecule is Cc1nnc(NC(=O)c2ccc(S(C)(=O)=O)c(C=NN(C)C)c2Cl)o1. The van der Waals surface area contributed by atoms with Gasteiger partial charge in [0.1, 0.15) is 0 Å². The number of nitrogens with zero attached hydrogens (tertiary/aromatic N) is 4. The van der Waals surface area contributed by atoms with E-state index < -0.39 is 15.7 Å². The molecule has 0 atom stereocenters. The molecule has 1 aromatic carbocycles. The van der Waals surface area contributed by atoms with Crippen LogP contribution in [0.15, 0.2) is 26.5 Å². The summed E-state index contributed by atoms with van der Waals surface area (Å²) in [6.45, 7) is 1.58. The molecule has 0 unspecified atom stereocenters. The number of hydrazone groups is 1. The van der Waals surface area contributed by atoms with Crippen LogP contribution in [-0.4, -0.2) is 56.1 Å². The average molecular weight is 386 g/mol. The molecular weight excluding hydrogens is 370 g/mol. The second-order valence-corrected chi connectivity index (χ2v) is 7.65. The van der Waals surface area contributed by atoms with Gasteiger partial charge in [-0.25, -0.2) is 8.42 Å². The maximum atomic E-state index is 12.4. The van der Waals surface area contributed by atoms with Crippen LogP contribution in [-0.2, 0) is 9.84 Å². The standard InChI is InChI=1S/C14H16ClN5O4S/c1-8-18-19-14(24-8)17-13(21)9-5-6-11(25(4,22)23)10(12(9)15)7-16-20(2)3/h5-7H,1-4H3,(H,17,19,21). The molecule has 1 N–H and O–H groups in total. The Morgan fingerprint density at radius 2 is 2.04 bits per heavy atom. The van der Waals surface area contributed by atoms with Crippen LogP contribution in [0.3, 0.4) is 0 Å². The number of anilines is 1. The molecule has 2 aromatic rings. The first kappa shape index (κ1) is 18.9. The number of aryl methyl sites for hydroxylation is 1. The number of hydrogen-bond acceptors (Lipinski definition) is 8. The van der Waals surface area contributed by atoms with Crippen molar-refractivity contribution in [2.45, 2.75) is 11.8 Å². The molecule has 25 heavy (non-hydrogen) atoms. The van der Waals surface area contributed by atoms with Gasteiger partial charge in [-0.15, -0.1) is 5.10 Å². The van der Waals surface area contributed by atoms with Crippen molar-refractivity contribution in [2.75, 3.05) is 25.7 Å². The highest BCUT2D eigenvalue weighted by atomic mass is 35.5. The number of amides is 1. The highest BCUT2D eigenvalue weighted by Gasteiger charge is 2.22. The van der Waals surface area contributed by atoms with Gasteiger partial charge in [-0.3, -0.25) is 10.1 Å². The smallest absolute Gasteiger partial charge is 0.322 e. The zero-order valence-corrected chi connectivity index (χ0v) is 15.5. The van der Waals surface area contributed by atoms with Crippen molar-refractivity contribution < 1.29 is 17.6 Å². The van der Waals surface area contributed by atoms with Crippen LogP contribution in [0.1, 0.15) is 21.8 Å². The van der Waals surface area contributed by atoms with E-state index in [9.17, 15) is 13.2 Å². The molecule has 0 aliphatic rings. The summed E-state index contributed by atoms with van der Waals surface area (Å²) in [6, 6.07) is 2.52.